The Morgan fingerprint density at radius 1 is 1.47 bits per heavy atom. The van der Waals surface area contributed by atoms with E-state index in [1.807, 2.05) is 38.1 Å². The van der Waals surface area contributed by atoms with Gasteiger partial charge in [0, 0.05) is 4.47 Å². The van der Waals surface area contributed by atoms with Gasteiger partial charge < -0.3 is 10.1 Å². The largest absolute Gasteiger partial charge is 0.439 e. The number of hydrogen-bond donors (Lipinski definition) is 1. The second-order valence-electron chi connectivity index (χ2n) is 4.19. The highest BCUT2D eigenvalue weighted by Crippen LogP contribution is 2.34. The van der Waals surface area contributed by atoms with E-state index < -0.39 is 0 Å². The summed E-state index contributed by atoms with van der Waals surface area (Å²) >= 11 is 3.40. The molecule has 0 bridgehead atoms. The molecule has 2 rings (SSSR count). The summed E-state index contributed by atoms with van der Waals surface area (Å²) in [6.07, 6.45) is -0.590. The third-order valence-electron chi connectivity index (χ3n) is 2.46. The molecule has 1 aliphatic rings. The lowest BCUT2D eigenvalue weighted by Crippen LogP contribution is -2.38. The van der Waals surface area contributed by atoms with Crippen molar-refractivity contribution in [2.45, 2.75) is 25.5 Å². The van der Waals surface area contributed by atoms with Crippen LogP contribution in [-0.2, 0) is 4.74 Å². The second kappa shape index (κ2) is 3.52. The molecule has 1 atom stereocenters. The van der Waals surface area contributed by atoms with Gasteiger partial charge in [-0.15, -0.1) is 0 Å². The maximum Gasteiger partial charge on any atom is 0.408 e. The molecule has 1 fully saturated rings. The molecule has 0 aliphatic carbocycles. The number of rotatable bonds is 1. The van der Waals surface area contributed by atoms with Gasteiger partial charge in [0.05, 0.1) is 5.54 Å². The van der Waals surface area contributed by atoms with E-state index >= 15 is 0 Å². The molecule has 4 heteroatoms. The number of cyclic esters (lactones) is 1. The fourth-order valence-corrected chi connectivity index (χ4v) is 2.18. The van der Waals surface area contributed by atoms with Crippen molar-refractivity contribution >= 4 is 22.0 Å². The smallest absolute Gasteiger partial charge is 0.408 e. The van der Waals surface area contributed by atoms with Crippen molar-refractivity contribution in [3.63, 3.8) is 0 Å². The number of carbonyl (C=O) groups excluding carboxylic acids is 1. The van der Waals surface area contributed by atoms with Crippen molar-refractivity contribution in [3.05, 3.63) is 34.3 Å². The summed E-state index contributed by atoms with van der Waals surface area (Å²) in [5, 5.41) is 2.78. The Balaban J connectivity index is 2.35. The summed E-state index contributed by atoms with van der Waals surface area (Å²) in [5.41, 5.74) is 0.630. The molecule has 15 heavy (non-hydrogen) atoms. The zero-order chi connectivity index (χ0) is 11.1. The summed E-state index contributed by atoms with van der Waals surface area (Å²) in [4.78, 5) is 11.2. The number of hydrogen-bond acceptors (Lipinski definition) is 2. The van der Waals surface area contributed by atoms with Crippen LogP contribution >= 0.6 is 15.9 Å². The number of ether oxygens (including phenoxy) is 1. The van der Waals surface area contributed by atoms with Crippen molar-refractivity contribution in [1.82, 2.24) is 5.32 Å². The zero-order valence-corrected chi connectivity index (χ0v) is 10.2. The fourth-order valence-electron chi connectivity index (χ4n) is 1.77. The first-order valence-electron chi connectivity index (χ1n) is 4.73. The van der Waals surface area contributed by atoms with Gasteiger partial charge in [-0.3, -0.25) is 0 Å². The molecule has 0 radical (unpaired) electrons. The molecule has 0 saturated carbocycles. The maximum atomic E-state index is 11.2. The summed E-state index contributed by atoms with van der Waals surface area (Å²) in [7, 11) is 0. The molecule has 0 aromatic heterocycles. The van der Waals surface area contributed by atoms with Crippen molar-refractivity contribution in [1.29, 1.82) is 0 Å². The number of nitrogens with one attached hydrogen (secondary N) is 1. The van der Waals surface area contributed by atoms with Gasteiger partial charge in [-0.1, -0.05) is 28.1 Å². The molecule has 1 heterocycles. The van der Waals surface area contributed by atoms with Crippen LogP contribution in [0.4, 0.5) is 4.79 Å². The Hall–Kier alpha value is -1.03. The minimum Gasteiger partial charge on any atom is -0.439 e. The molecule has 1 saturated heterocycles. The number of alkyl carbamates (subject to hydrolysis) is 1. The third kappa shape index (κ3) is 2.00. The number of amides is 1. The number of benzene rings is 1. The highest BCUT2D eigenvalue weighted by atomic mass is 79.9. The average Bonchev–Trinajstić information content (AvgIpc) is 2.39. The standard InChI is InChI=1S/C11H12BrNO2/c1-11(2)9(15-10(14)13-11)7-4-3-5-8(12)6-7/h3-6,9H,1-2H3,(H,13,14)/t9-/m1/s1. The molecule has 1 aromatic carbocycles. The molecule has 0 unspecified atom stereocenters. The predicted octanol–water partition coefficient (Wildman–Crippen LogP) is 3.01. The van der Waals surface area contributed by atoms with Gasteiger partial charge in [0.1, 0.15) is 0 Å². The van der Waals surface area contributed by atoms with Crippen LogP contribution in [0.25, 0.3) is 0 Å². The van der Waals surface area contributed by atoms with E-state index in [4.69, 9.17) is 4.74 Å². The molecule has 3 nitrogen and oxygen atoms in total. The fraction of sp³-hybridized carbons (Fsp3) is 0.364. The van der Waals surface area contributed by atoms with E-state index in [1.54, 1.807) is 0 Å². The monoisotopic (exact) mass is 269 g/mol. The molecule has 1 N–H and O–H groups in total. The molecule has 1 aliphatic heterocycles. The van der Waals surface area contributed by atoms with Gasteiger partial charge in [0.15, 0.2) is 6.10 Å². The molecular weight excluding hydrogens is 258 g/mol. The maximum absolute atomic E-state index is 11.2. The lowest BCUT2D eigenvalue weighted by atomic mass is 9.92. The van der Waals surface area contributed by atoms with E-state index in [-0.39, 0.29) is 17.7 Å². The van der Waals surface area contributed by atoms with Gasteiger partial charge in [-0.05, 0) is 31.5 Å². The van der Waals surface area contributed by atoms with E-state index in [0.29, 0.717) is 0 Å². The first-order chi connectivity index (χ1) is 6.99. The van der Waals surface area contributed by atoms with Crippen LogP contribution in [0.3, 0.4) is 0 Å². The normalized spacial score (nSPS) is 23.4. The Bertz CT molecular complexity index is 403. The number of halogens is 1. The summed E-state index contributed by atoms with van der Waals surface area (Å²) in [6.45, 7) is 3.90. The predicted molar refractivity (Wildman–Crippen MR) is 60.6 cm³/mol. The highest BCUT2D eigenvalue weighted by molar-refractivity contribution is 9.10. The van der Waals surface area contributed by atoms with E-state index in [2.05, 4.69) is 21.2 Å². The van der Waals surface area contributed by atoms with Gasteiger partial charge in [-0.25, -0.2) is 4.79 Å². The Morgan fingerprint density at radius 3 is 2.73 bits per heavy atom. The van der Waals surface area contributed by atoms with Crippen molar-refractivity contribution in [2.24, 2.45) is 0 Å². The first-order valence-corrected chi connectivity index (χ1v) is 5.52. The van der Waals surface area contributed by atoms with Crippen LogP contribution in [0.5, 0.6) is 0 Å². The summed E-state index contributed by atoms with van der Waals surface area (Å²) in [5.74, 6) is 0. The quantitative estimate of drug-likeness (QED) is 0.851. The second-order valence-corrected chi connectivity index (χ2v) is 5.10. The van der Waals surface area contributed by atoms with Gasteiger partial charge in [0.25, 0.3) is 0 Å². The van der Waals surface area contributed by atoms with Crippen LogP contribution < -0.4 is 5.32 Å². The lowest BCUT2D eigenvalue weighted by Gasteiger charge is -2.23. The van der Waals surface area contributed by atoms with Crippen molar-refractivity contribution in [2.75, 3.05) is 0 Å². The van der Waals surface area contributed by atoms with E-state index in [0.717, 1.165) is 10.0 Å². The molecule has 0 spiro atoms. The van der Waals surface area contributed by atoms with Gasteiger partial charge in [-0.2, -0.15) is 0 Å². The highest BCUT2D eigenvalue weighted by Gasteiger charge is 2.41. The van der Waals surface area contributed by atoms with Crippen LogP contribution in [0.15, 0.2) is 28.7 Å². The minimum absolute atomic E-state index is 0.234. The Kier molecular flexibility index (Phi) is 2.46. The molecular formula is C11H12BrNO2. The van der Waals surface area contributed by atoms with Gasteiger partial charge in [0.2, 0.25) is 0 Å². The molecule has 80 valence electrons. The van der Waals surface area contributed by atoms with Crippen LogP contribution in [0.2, 0.25) is 0 Å². The number of carbonyl (C=O) groups is 1. The lowest BCUT2D eigenvalue weighted by molar-refractivity contribution is 0.118. The molecule has 1 aromatic rings. The minimum atomic E-state index is -0.363. The third-order valence-corrected chi connectivity index (χ3v) is 2.95. The van der Waals surface area contributed by atoms with Crippen molar-refractivity contribution < 1.29 is 9.53 Å². The van der Waals surface area contributed by atoms with E-state index in [1.165, 1.54) is 0 Å². The van der Waals surface area contributed by atoms with Gasteiger partial charge >= 0.3 is 6.09 Å². The first kappa shape index (κ1) is 10.5. The summed E-state index contributed by atoms with van der Waals surface area (Å²) in [6, 6.07) is 7.80. The molecule has 1 amide bonds. The van der Waals surface area contributed by atoms with Crippen LogP contribution in [0.1, 0.15) is 25.5 Å². The van der Waals surface area contributed by atoms with Crippen LogP contribution in [0, 0.1) is 0 Å². The average molecular weight is 270 g/mol. The summed E-state index contributed by atoms with van der Waals surface area (Å²) < 4.78 is 6.23. The van der Waals surface area contributed by atoms with Crippen molar-refractivity contribution in [3.8, 4) is 0 Å². The van der Waals surface area contributed by atoms with E-state index in [9.17, 15) is 4.79 Å². The Labute approximate surface area is 96.9 Å². The zero-order valence-electron chi connectivity index (χ0n) is 8.58. The Morgan fingerprint density at radius 2 is 2.20 bits per heavy atom. The van der Waals surface area contributed by atoms with Crippen LogP contribution in [-0.4, -0.2) is 11.6 Å². The topological polar surface area (TPSA) is 38.3 Å². The SMILES string of the molecule is CC1(C)NC(=O)O[C@@H]1c1cccc(Br)c1.